The minimum atomic E-state index is 0.167. The Morgan fingerprint density at radius 1 is 0.788 bits per heavy atom. The highest BCUT2D eigenvalue weighted by molar-refractivity contribution is 5.76. The van der Waals surface area contributed by atoms with Crippen molar-refractivity contribution >= 4 is 5.91 Å². The van der Waals surface area contributed by atoms with Gasteiger partial charge in [0.2, 0.25) is 11.7 Å². The second kappa shape index (κ2) is 11.7. The molecule has 2 aromatic rings. The fourth-order valence-corrected chi connectivity index (χ4v) is 4.10. The highest BCUT2D eigenvalue weighted by Crippen LogP contribution is 2.40. The molecule has 8 heteroatoms. The molecule has 0 spiro atoms. The number of hydrogen-bond acceptors (Lipinski definition) is 7. The van der Waals surface area contributed by atoms with Crippen molar-refractivity contribution in [1.82, 2.24) is 9.80 Å². The zero-order valence-electron chi connectivity index (χ0n) is 20.2. The lowest BCUT2D eigenvalue weighted by Gasteiger charge is -2.35. The van der Waals surface area contributed by atoms with Gasteiger partial charge in [-0.15, -0.1) is 0 Å². The van der Waals surface area contributed by atoms with Crippen molar-refractivity contribution < 1.29 is 28.5 Å². The maximum absolute atomic E-state index is 12.8. The molecule has 0 saturated carbocycles. The van der Waals surface area contributed by atoms with Crippen LogP contribution >= 0.6 is 0 Å². The molecule has 33 heavy (non-hydrogen) atoms. The summed E-state index contributed by atoms with van der Waals surface area (Å²) in [6.45, 7) is 3.73. The molecule has 1 amide bonds. The Kier molecular flexibility index (Phi) is 8.65. The first kappa shape index (κ1) is 24.5. The Labute approximate surface area is 195 Å². The van der Waals surface area contributed by atoms with Gasteiger partial charge in [-0.25, -0.2) is 0 Å². The Bertz CT molecular complexity index is 918. The molecule has 0 aliphatic carbocycles. The molecule has 0 unspecified atom stereocenters. The summed E-state index contributed by atoms with van der Waals surface area (Å²) in [7, 11) is 8.10. The molecule has 1 aliphatic heterocycles. The van der Waals surface area contributed by atoms with Gasteiger partial charge >= 0.3 is 0 Å². The Morgan fingerprint density at radius 2 is 1.42 bits per heavy atom. The van der Waals surface area contributed by atoms with Gasteiger partial charge in [0.15, 0.2) is 11.5 Å². The first-order chi connectivity index (χ1) is 16.0. The van der Waals surface area contributed by atoms with E-state index < -0.39 is 0 Å². The summed E-state index contributed by atoms with van der Waals surface area (Å²) in [4.78, 5) is 17.1. The summed E-state index contributed by atoms with van der Waals surface area (Å²) in [5, 5.41) is 0. The topological polar surface area (TPSA) is 69.7 Å². The number of aryl methyl sites for hydroxylation is 1. The van der Waals surface area contributed by atoms with E-state index in [2.05, 4.69) is 4.90 Å². The third kappa shape index (κ3) is 6.01. The fraction of sp³-hybridized carbons (Fsp3) is 0.480. The van der Waals surface area contributed by atoms with Gasteiger partial charge in [0.1, 0.15) is 11.5 Å². The summed E-state index contributed by atoms with van der Waals surface area (Å²) in [6, 6.07) is 9.62. The molecule has 1 heterocycles. The van der Waals surface area contributed by atoms with Crippen LogP contribution in [0.15, 0.2) is 30.3 Å². The van der Waals surface area contributed by atoms with Gasteiger partial charge in [-0.2, -0.15) is 0 Å². The van der Waals surface area contributed by atoms with Crippen LogP contribution in [0.4, 0.5) is 0 Å². The molecule has 1 saturated heterocycles. The minimum Gasteiger partial charge on any atom is -0.497 e. The number of piperazine rings is 1. The molecule has 8 nitrogen and oxygen atoms in total. The van der Waals surface area contributed by atoms with E-state index in [0.29, 0.717) is 43.2 Å². The number of amides is 1. The summed E-state index contributed by atoms with van der Waals surface area (Å²) in [5.41, 5.74) is 2.06. The number of benzene rings is 2. The van der Waals surface area contributed by atoms with E-state index in [4.69, 9.17) is 23.7 Å². The van der Waals surface area contributed by atoms with E-state index in [1.807, 2.05) is 35.2 Å². The van der Waals surface area contributed by atoms with E-state index in [1.54, 1.807) is 35.5 Å². The number of carbonyl (C=O) groups excluding carboxylic acids is 1. The maximum atomic E-state index is 12.8. The minimum absolute atomic E-state index is 0.167. The fourth-order valence-electron chi connectivity index (χ4n) is 4.10. The number of carbonyl (C=O) groups is 1. The molecular formula is C25H34N2O6. The van der Waals surface area contributed by atoms with E-state index in [-0.39, 0.29) is 5.91 Å². The van der Waals surface area contributed by atoms with Crippen molar-refractivity contribution in [3.8, 4) is 28.7 Å². The van der Waals surface area contributed by atoms with Crippen LogP contribution in [0.25, 0.3) is 0 Å². The monoisotopic (exact) mass is 458 g/mol. The third-order valence-corrected chi connectivity index (χ3v) is 5.94. The van der Waals surface area contributed by atoms with E-state index in [9.17, 15) is 4.79 Å². The van der Waals surface area contributed by atoms with Crippen LogP contribution in [0.5, 0.6) is 28.7 Å². The van der Waals surface area contributed by atoms with Gasteiger partial charge in [0.25, 0.3) is 0 Å². The number of hydrogen-bond donors (Lipinski definition) is 0. The van der Waals surface area contributed by atoms with Crippen LogP contribution in [0, 0.1) is 0 Å². The van der Waals surface area contributed by atoms with Crippen LogP contribution in [-0.4, -0.2) is 77.4 Å². The average molecular weight is 459 g/mol. The Balaban J connectivity index is 1.54. The lowest BCUT2D eigenvalue weighted by atomic mass is 10.1. The third-order valence-electron chi connectivity index (χ3n) is 5.94. The largest absolute Gasteiger partial charge is 0.497 e. The molecule has 0 atom stereocenters. The van der Waals surface area contributed by atoms with Gasteiger partial charge < -0.3 is 28.6 Å². The van der Waals surface area contributed by atoms with Crippen molar-refractivity contribution in [3.05, 3.63) is 41.5 Å². The molecule has 1 aliphatic rings. The van der Waals surface area contributed by atoms with Crippen LogP contribution in [0.3, 0.4) is 0 Å². The highest BCUT2D eigenvalue weighted by Gasteiger charge is 2.23. The molecule has 0 aromatic heterocycles. The van der Waals surface area contributed by atoms with Gasteiger partial charge in [0, 0.05) is 50.8 Å². The van der Waals surface area contributed by atoms with Crippen LogP contribution in [0.2, 0.25) is 0 Å². The van der Waals surface area contributed by atoms with Crippen LogP contribution < -0.4 is 23.7 Å². The van der Waals surface area contributed by atoms with Gasteiger partial charge in [-0.05, 0) is 30.2 Å². The van der Waals surface area contributed by atoms with Gasteiger partial charge in [-0.3, -0.25) is 9.69 Å². The standard InChI is InChI=1S/C25H34N2O6/c1-29-20-14-18(15-21(16-20)30-2)6-9-23(28)27-12-10-26(11-13-27)17-19-7-8-22(31-3)25(33-5)24(19)32-4/h7-8,14-16H,6,9-13,17H2,1-5H3. The lowest BCUT2D eigenvalue weighted by molar-refractivity contribution is -0.133. The molecule has 3 rings (SSSR count). The van der Waals surface area contributed by atoms with Crippen molar-refractivity contribution in [2.45, 2.75) is 19.4 Å². The van der Waals surface area contributed by atoms with E-state index in [1.165, 1.54) is 0 Å². The zero-order chi connectivity index (χ0) is 23.8. The van der Waals surface area contributed by atoms with Crippen LogP contribution in [0.1, 0.15) is 17.5 Å². The van der Waals surface area contributed by atoms with Crippen molar-refractivity contribution in [1.29, 1.82) is 0 Å². The molecule has 180 valence electrons. The molecule has 1 fully saturated rings. The molecule has 2 aromatic carbocycles. The van der Waals surface area contributed by atoms with Crippen LogP contribution in [-0.2, 0) is 17.8 Å². The zero-order valence-corrected chi connectivity index (χ0v) is 20.2. The SMILES string of the molecule is COc1cc(CCC(=O)N2CCN(Cc3ccc(OC)c(OC)c3OC)CC2)cc(OC)c1. The van der Waals surface area contributed by atoms with E-state index >= 15 is 0 Å². The maximum Gasteiger partial charge on any atom is 0.222 e. The lowest BCUT2D eigenvalue weighted by Crippen LogP contribution is -2.48. The summed E-state index contributed by atoms with van der Waals surface area (Å²) in [5.74, 6) is 3.55. The normalized spacial score (nSPS) is 14.0. The average Bonchev–Trinajstić information content (AvgIpc) is 2.86. The Hall–Kier alpha value is -3.13. The second-order valence-corrected chi connectivity index (χ2v) is 7.87. The van der Waals surface area contributed by atoms with E-state index in [0.717, 1.165) is 42.3 Å². The summed E-state index contributed by atoms with van der Waals surface area (Å²) < 4.78 is 27.1. The van der Waals surface area contributed by atoms with Gasteiger partial charge in [0.05, 0.1) is 35.5 Å². The number of ether oxygens (including phenoxy) is 5. The highest BCUT2D eigenvalue weighted by atomic mass is 16.5. The van der Waals surface area contributed by atoms with Gasteiger partial charge in [-0.1, -0.05) is 6.07 Å². The second-order valence-electron chi connectivity index (χ2n) is 7.87. The number of methoxy groups -OCH3 is 5. The number of rotatable bonds is 10. The summed E-state index contributed by atoms with van der Waals surface area (Å²) in [6.07, 6.45) is 1.11. The molecule has 0 bridgehead atoms. The number of nitrogens with zero attached hydrogens (tertiary/aromatic N) is 2. The summed E-state index contributed by atoms with van der Waals surface area (Å²) >= 11 is 0. The van der Waals surface area contributed by atoms with Crippen molar-refractivity contribution in [3.63, 3.8) is 0 Å². The predicted octanol–water partition coefficient (Wildman–Crippen LogP) is 3.01. The predicted molar refractivity (Wildman–Crippen MR) is 126 cm³/mol. The molecule has 0 N–H and O–H groups in total. The smallest absolute Gasteiger partial charge is 0.222 e. The first-order valence-electron chi connectivity index (χ1n) is 11.0. The Morgan fingerprint density at radius 3 is 1.97 bits per heavy atom. The van der Waals surface area contributed by atoms with Crippen molar-refractivity contribution in [2.75, 3.05) is 61.7 Å². The van der Waals surface area contributed by atoms with Crippen molar-refractivity contribution in [2.24, 2.45) is 0 Å². The quantitative estimate of drug-likeness (QED) is 0.542. The molecular weight excluding hydrogens is 424 g/mol. The first-order valence-corrected chi connectivity index (χ1v) is 11.0. The molecule has 0 radical (unpaired) electrons.